The number of rotatable bonds is 3. The van der Waals surface area contributed by atoms with Gasteiger partial charge in [-0.2, -0.15) is 5.10 Å². The first-order valence-electron chi connectivity index (χ1n) is 6.87. The highest BCUT2D eigenvalue weighted by molar-refractivity contribution is 5.99. The molecule has 0 bridgehead atoms. The third-order valence-corrected chi connectivity index (χ3v) is 3.74. The summed E-state index contributed by atoms with van der Waals surface area (Å²) >= 11 is 0. The van der Waals surface area contributed by atoms with E-state index in [2.05, 4.69) is 34.8 Å². The number of primary amides is 1. The molecule has 1 fully saturated rings. The Bertz CT molecular complexity index is 459. The van der Waals surface area contributed by atoms with Crippen LogP contribution in [0, 0.1) is 0 Å². The Balaban J connectivity index is 2.05. The van der Waals surface area contributed by atoms with Crippen LogP contribution in [0.4, 0.5) is 4.79 Å². The molecule has 3 N–H and O–H groups in total. The first-order valence-corrected chi connectivity index (χ1v) is 6.87. The molecule has 0 heterocycles. The van der Waals surface area contributed by atoms with Crippen molar-refractivity contribution in [1.82, 2.24) is 5.43 Å². The van der Waals surface area contributed by atoms with E-state index >= 15 is 0 Å². The zero-order valence-electron chi connectivity index (χ0n) is 11.4. The summed E-state index contributed by atoms with van der Waals surface area (Å²) in [6, 6.07) is 7.83. The standard InChI is InChI=1S/C15H21N3O/c1-11(17-18-15(16)19)12-7-9-14(10-8-12)13-5-3-2-4-6-13/h7-10,13H,2-6H2,1H3,(H3,16,18,19)/b17-11-. The fourth-order valence-corrected chi connectivity index (χ4v) is 2.64. The predicted octanol–water partition coefficient (Wildman–Crippen LogP) is 3.13. The molecule has 102 valence electrons. The van der Waals surface area contributed by atoms with E-state index in [9.17, 15) is 4.79 Å². The SMILES string of the molecule is C/C(=N/NC(N)=O)c1ccc(C2CCCCC2)cc1. The molecule has 0 saturated heterocycles. The lowest BCUT2D eigenvalue weighted by molar-refractivity contribution is 0.249. The molecule has 0 atom stereocenters. The number of urea groups is 1. The van der Waals surface area contributed by atoms with Crippen molar-refractivity contribution >= 4 is 11.7 Å². The van der Waals surface area contributed by atoms with Crippen LogP contribution in [0.2, 0.25) is 0 Å². The Morgan fingerprint density at radius 1 is 1.21 bits per heavy atom. The Hall–Kier alpha value is -1.84. The van der Waals surface area contributed by atoms with Crippen LogP contribution in [-0.4, -0.2) is 11.7 Å². The number of carbonyl (C=O) groups is 1. The van der Waals surface area contributed by atoms with Gasteiger partial charge < -0.3 is 5.73 Å². The predicted molar refractivity (Wildman–Crippen MR) is 77.2 cm³/mol. The molecular weight excluding hydrogens is 238 g/mol. The molecule has 0 aromatic heterocycles. The molecule has 1 saturated carbocycles. The summed E-state index contributed by atoms with van der Waals surface area (Å²) in [6.45, 7) is 1.85. The highest BCUT2D eigenvalue weighted by atomic mass is 16.2. The minimum atomic E-state index is -0.641. The second kappa shape index (κ2) is 6.36. The largest absolute Gasteiger partial charge is 0.350 e. The molecule has 0 radical (unpaired) electrons. The lowest BCUT2D eigenvalue weighted by Gasteiger charge is -2.22. The molecule has 2 amide bonds. The van der Waals surface area contributed by atoms with E-state index in [-0.39, 0.29) is 0 Å². The number of nitrogens with one attached hydrogen (secondary N) is 1. The van der Waals surface area contributed by atoms with Crippen molar-refractivity contribution in [2.24, 2.45) is 10.8 Å². The van der Waals surface area contributed by atoms with E-state index < -0.39 is 6.03 Å². The minimum absolute atomic E-state index is 0.641. The zero-order chi connectivity index (χ0) is 13.7. The molecule has 2 rings (SSSR count). The average molecular weight is 259 g/mol. The quantitative estimate of drug-likeness (QED) is 0.635. The summed E-state index contributed by atoms with van der Waals surface area (Å²) in [5.41, 5.74) is 10.4. The number of benzene rings is 1. The van der Waals surface area contributed by atoms with Gasteiger partial charge in [-0.25, -0.2) is 10.2 Å². The van der Waals surface area contributed by atoms with E-state index in [0.717, 1.165) is 11.3 Å². The molecule has 1 aromatic carbocycles. The van der Waals surface area contributed by atoms with Crippen LogP contribution in [0.15, 0.2) is 29.4 Å². The van der Waals surface area contributed by atoms with Crippen LogP contribution >= 0.6 is 0 Å². The Labute approximate surface area is 114 Å². The maximum atomic E-state index is 10.6. The Kier molecular flexibility index (Phi) is 4.55. The minimum Gasteiger partial charge on any atom is -0.350 e. The summed E-state index contributed by atoms with van der Waals surface area (Å²) in [6.07, 6.45) is 6.66. The van der Waals surface area contributed by atoms with Crippen LogP contribution < -0.4 is 11.2 Å². The van der Waals surface area contributed by atoms with Gasteiger partial charge in [0, 0.05) is 0 Å². The normalized spacial score (nSPS) is 17.2. The highest BCUT2D eigenvalue weighted by Gasteiger charge is 2.15. The smallest absolute Gasteiger partial charge is 0.332 e. The number of carbonyl (C=O) groups excluding carboxylic acids is 1. The number of nitrogens with zero attached hydrogens (tertiary/aromatic N) is 1. The Morgan fingerprint density at radius 2 is 1.84 bits per heavy atom. The first kappa shape index (κ1) is 13.6. The molecule has 19 heavy (non-hydrogen) atoms. The number of hydrogen-bond donors (Lipinski definition) is 2. The first-order chi connectivity index (χ1) is 9.16. The van der Waals surface area contributed by atoms with Crippen LogP contribution in [0.25, 0.3) is 0 Å². The van der Waals surface area contributed by atoms with Gasteiger partial charge in [-0.15, -0.1) is 0 Å². The van der Waals surface area contributed by atoms with Gasteiger partial charge in [-0.1, -0.05) is 43.5 Å². The van der Waals surface area contributed by atoms with E-state index in [1.807, 2.05) is 6.92 Å². The maximum absolute atomic E-state index is 10.6. The monoisotopic (exact) mass is 259 g/mol. The molecular formula is C15H21N3O. The van der Waals surface area contributed by atoms with Gasteiger partial charge in [0.05, 0.1) is 5.71 Å². The zero-order valence-corrected chi connectivity index (χ0v) is 11.4. The number of nitrogens with two attached hydrogens (primary N) is 1. The van der Waals surface area contributed by atoms with E-state index in [0.29, 0.717) is 5.92 Å². The van der Waals surface area contributed by atoms with E-state index in [4.69, 9.17) is 5.73 Å². The summed E-state index contributed by atoms with van der Waals surface area (Å²) in [5.74, 6) is 0.712. The van der Waals surface area contributed by atoms with Crippen LogP contribution in [-0.2, 0) is 0 Å². The fraction of sp³-hybridized carbons (Fsp3) is 0.467. The second-order valence-corrected chi connectivity index (χ2v) is 5.13. The molecule has 0 unspecified atom stereocenters. The van der Waals surface area contributed by atoms with Gasteiger partial charge in [0.1, 0.15) is 0 Å². The van der Waals surface area contributed by atoms with Crippen LogP contribution in [0.1, 0.15) is 56.1 Å². The maximum Gasteiger partial charge on any atom is 0.332 e. The lowest BCUT2D eigenvalue weighted by atomic mass is 9.84. The summed E-state index contributed by atoms with van der Waals surface area (Å²) in [4.78, 5) is 10.6. The summed E-state index contributed by atoms with van der Waals surface area (Å²) < 4.78 is 0. The lowest BCUT2D eigenvalue weighted by Crippen LogP contribution is -2.25. The van der Waals surface area contributed by atoms with Gasteiger partial charge in [-0.3, -0.25) is 0 Å². The Morgan fingerprint density at radius 3 is 2.42 bits per heavy atom. The molecule has 0 aliphatic heterocycles. The van der Waals surface area contributed by atoms with Crippen molar-refractivity contribution in [3.8, 4) is 0 Å². The van der Waals surface area contributed by atoms with Crippen molar-refractivity contribution in [3.05, 3.63) is 35.4 Å². The third kappa shape index (κ3) is 3.81. The van der Waals surface area contributed by atoms with Crippen molar-refractivity contribution in [3.63, 3.8) is 0 Å². The molecule has 1 aliphatic carbocycles. The molecule has 0 spiro atoms. The third-order valence-electron chi connectivity index (χ3n) is 3.74. The van der Waals surface area contributed by atoms with Crippen LogP contribution in [0.5, 0.6) is 0 Å². The van der Waals surface area contributed by atoms with E-state index in [1.165, 1.54) is 37.7 Å². The number of amides is 2. The molecule has 4 heteroatoms. The molecule has 1 aromatic rings. The van der Waals surface area contributed by atoms with Crippen molar-refractivity contribution in [2.75, 3.05) is 0 Å². The summed E-state index contributed by atoms with van der Waals surface area (Å²) in [5, 5.41) is 3.93. The highest BCUT2D eigenvalue weighted by Crippen LogP contribution is 2.32. The van der Waals surface area contributed by atoms with Gasteiger partial charge in [-0.05, 0) is 36.8 Å². The van der Waals surface area contributed by atoms with Gasteiger partial charge in [0.2, 0.25) is 0 Å². The fourth-order valence-electron chi connectivity index (χ4n) is 2.64. The topological polar surface area (TPSA) is 67.5 Å². The van der Waals surface area contributed by atoms with E-state index in [1.54, 1.807) is 0 Å². The number of hydrazone groups is 1. The van der Waals surface area contributed by atoms with Crippen molar-refractivity contribution in [1.29, 1.82) is 0 Å². The number of hydrogen-bond acceptors (Lipinski definition) is 2. The van der Waals surface area contributed by atoms with Crippen LogP contribution in [0.3, 0.4) is 0 Å². The van der Waals surface area contributed by atoms with Gasteiger partial charge >= 0.3 is 6.03 Å². The summed E-state index contributed by atoms with van der Waals surface area (Å²) in [7, 11) is 0. The van der Waals surface area contributed by atoms with Crippen molar-refractivity contribution < 1.29 is 4.79 Å². The van der Waals surface area contributed by atoms with Crippen molar-refractivity contribution in [2.45, 2.75) is 44.9 Å². The van der Waals surface area contributed by atoms with Gasteiger partial charge in [0.15, 0.2) is 0 Å². The van der Waals surface area contributed by atoms with Gasteiger partial charge in [0.25, 0.3) is 0 Å². The second-order valence-electron chi connectivity index (χ2n) is 5.13. The molecule has 1 aliphatic rings. The average Bonchev–Trinajstić information content (AvgIpc) is 2.46. The molecule has 4 nitrogen and oxygen atoms in total.